The van der Waals surface area contributed by atoms with E-state index < -0.39 is 0 Å². The van der Waals surface area contributed by atoms with E-state index in [1.807, 2.05) is 30.5 Å². The van der Waals surface area contributed by atoms with Gasteiger partial charge in [-0.1, -0.05) is 36.4 Å². The van der Waals surface area contributed by atoms with Crippen molar-refractivity contribution in [2.24, 2.45) is 0 Å². The molecule has 32 heavy (non-hydrogen) atoms. The monoisotopic (exact) mass is 430 g/mol. The van der Waals surface area contributed by atoms with Crippen LogP contribution in [0.5, 0.6) is 0 Å². The molecule has 2 heterocycles. The second-order valence-corrected chi connectivity index (χ2v) is 8.41. The minimum absolute atomic E-state index is 0.132. The van der Waals surface area contributed by atoms with Crippen molar-refractivity contribution in [3.8, 4) is 11.3 Å². The Balaban J connectivity index is 1.43. The fourth-order valence-corrected chi connectivity index (χ4v) is 4.55. The van der Waals surface area contributed by atoms with Crippen LogP contribution in [-0.4, -0.2) is 41.0 Å². The fraction of sp³-hybridized carbons (Fsp3) is 0.320. The van der Waals surface area contributed by atoms with E-state index in [0.29, 0.717) is 13.1 Å². The van der Waals surface area contributed by atoms with Crippen molar-refractivity contribution >= 4 is 17.7 Å². The van der Waals surface area contributed by atoms with Crippen molar-refractivity contribution in [1.82, 2.24) is 15.1 Å². The van der Waals surface area contributed by atoms with E-state index in [0.717, 1.165) is 31.5 Å². The predicted octanol–water partition coefficient (Wildman–Crippen LogP) is 3.55. The van der Waals surface area contributed by atoms with Crippen molar-refractivity contribution in [2.45, 2.75) is 38.8 Å². The Kier molecular flexibility index (Phi) is 5.39. The normalized spacial score (nSPS) is 17.3. The molecule has 1 aromatic heterocycles. The Morgan fingerprint density at radius 3 is 2.78 bits per heavy atom. The van der Waals surface area contributed by atoms with Crippen molar-refractivity contribution < 1.29 is 14.3 Å². The number of nitrogens with zero attached hydrogens (tertiary/aromatic N) is 3. The maximum Gasteiger partial charge on any atom is 0.414 e. The first-order valence-corrected chi connectivity index (χ1v) is 11.0. The van der Waals surface area contributed by atoms with Gasteiger partial charge in [-0.25, -0.2) is 4.79 Å². The van der Waals surface area contributed by atoms with Crippen molar-refractivity contribution in [1.29, 1.82) is 0 Å². The summed E-state index contributed by atoms with van der Waals surface area (Å²) in [6.45, 7) is 2.93. The summed E-state index contributed by atoms with van der Waals surface area (Å²) < 4.78 is 7.52. The van der Waals surface area contributed by atoms with Gasteiger partial charge in [0.25, 0.3) is 0 Å². The number of carbonyl (C=O) groups excluding carboxylic acids is 2. The summed E-state index contributed by atoms with van der Waals surface area (Å²) in [5.74, 6) is -0.132. The average molecular weight is 431 g/mol. The van der Waals surface area contributed by atoms with Gasteiger partial charge in [-0.2, -0.15) is 5.10 Å². The van der Waals surface area contributed by atoms with Crippen LogP contribution in [-0.2, 0) is 28.9 Å². The third-order valence-electron chi connectivity index (χ3n) is 6.09. The molecule has 7 nitrogen and oxygen atoms in total. The predicted molar refractivity (Wildman–Crippen MR) is 122 cm³/mol. The molecule has 1 N–H and O–H groups in total. The van der Waals surface area contributed by atoms with E-state index in [4.69, 9.17) is 4.74 Å². The van der Waals surface area contributed by atoms with E-state index >= 15 is 0 Å². The highest BCUT2D eigenvalue weighted by Crippen LogP contribution is 2.36. The molecule has 2 aliphatic rings. The summed E-state index contributed by atoms with van der Waals surface area (Å²) in [4.78, 5) is 25.3. The molecular weight excluding hydrogens is 404 g/mol. The van der Waals surface area contributed by atoms with Crippen LogP contribution >= 0.6 is 0 Å². The minimum Gasteiger partial charge on any atom is -0.442 e. The molecule has 0 spiro atoms. The fourth-order valence-electron chi connectivity index (χ4n) is 4.55. The molecule has 0 radical (unpaired) electrons. The van der Waals surface area contributed by atoms with Crippen LogP contribution in [0.4, 0.5) is 10.5 Å². The van der Waals surface area contributed by atoms with Crippen molar-refractivity contribution in [3.05, 3.63) is 71.4 Å². The first-order valence-electron chi connectivity index (χ1n) is 11.0. The zero-order valence-corrected chi connectivity index (χ0v) is 18.1. The van der Waals surface area contributed by atoms with Gasteiger partial charge >= 0.3 is 6.09 Å². The zero-order valence-electron chi connectivity index (χ0n) is 18.1. The third kappa shape index (κ3) is 3.98. The van der Waals surface area contributed by atoms with Gasteiger partial charge < -0.3 is 10.1 Å². The Morgan fingerprint density at radius 2 is 1.97 bits per heavy atom. The Hall–Kier alpha value is -3.61. The quantitative estimate of drug-likeness (QED) is 0.672. The summed E-state index contributed by atoms with van der Waals surface area (Å²) in [6.07, 6.45) is 4.25. The second-order valence-electron chi connectivity index (χ2n) is 8.41. The highest BCUT2D eigenvalue weighted by molar-refractivity contribution is 5.90. The summed E-state index contributed by atoms with van der Waals surface area (Å²) >= 11 is 0. The number of amides is 2. The van der Waals surface area contributed by atoms with E-state index in [2.05, 4.69) is 39.4 Å². The molecule has 0 unspecified atom stereocenters. The lowest BCUT2D eigenvalue weighted by Gasteiger charge is -2.17. The van der Waals surface area contributed by atoms with Crippen LogP contribution in [0.3, 0.4) is 0 Å². The highest BCUT2D eigenvalue weighted by atomic mass is 16.6. The van der Waals surface area contributed by atoms with Crippen LogP contribution in [0.2, 0.25) is 0 Å². The first-order chi connectivity index (χ1) is 15.6. The molecule has 2 amide bonds. The molecule has 1 fully saturated rings. The molecule has 0 saturated carbocycles. The molecular formula is C25H26N4O3. The number of fused-ring (bicyclic) bond motifs is 3. The number of aryl methyl sites for hydroxylation is 2. The summed E-state index contributed by atoms with van der Waals surface area (Å²) in [7, 11) is 0. The number of cyclic esters (lactones) is 1. The van der Waals surface area contributed by atoms with E-state index in [9.17, 15) is 9.59 Å². The molecule has 1 saturated heterocycles. The lowest BCUT2D eigenvalue weighted by Crippen LogP contribution is -2.33. The molecule has 164 valence electrons. The molecule has 7 heteroatoms. The van der Waals surface area contributed by atoms with E-state index in [-0.39, 0.29) is 18.1 Å². The average Bonchev–Trinajstić information content (AvgIpc) is 3.30. The van der Waals surface area contributed by atoms with Crippen LogP contribution in [0.25, 0.3) is 11.3 Å². The van der Waals surface area contributed by atoms with Crippen LogP contribution in [0.15, 0.2) is 54.7 Å². The second kappa shape index (κ2) is 8.49. The van der Waals surface area contributed by atoms with Gasteiger partial charge in [-0.15, -0.1) is 0 Å². The van der Waals surface area contributed by atoms with Gasteiger partial charge in [-0.05, 0) is 48.1 Å². The lowest BCUT2D eigenvalue weighted by molar-refractivity contribution is -0.119. The molecule has 5 rings (SSSR count). The minimum atomic E-state index is -0.372. The SMILES string of the molecule is CC(=O)NC[C@H]1CN(c2ccc3c(c2)CCCc2cnn(Cc4ccccc4)c2-3)C(=O)O1. The van der Waals surface area contributed by atoms with Crippen LogP contribution in [0.1, 0.15) is 30.0 Å². The topological polar surface area (TPSA) is 76.5 Å². The maximum absolute atomic E-state index is 12.5. The van der Waals surface area contributed by atoms with E-state index in [1.165, 1.54) is 34.9 Å². The number of hydrogen-bond acceptors (Lipinski definition) is 4. The number of hydrogen-bond donors (Lipinski definition) is 1. The Bertz CT molecular complexity index is 1160. The highest BCUT2D eigenvalue weighted by Gasteiger charge is 2.33. The van der Waals surface area contributed by atoms with Gasteiger partial charge in [0.15, 0.2) is 0 Å². The van der Waals surface area contributed by atoms with Gasteiger partial charge in [0.1, 0.15) is 6.10 Å². The molecule has 1 atom stereocenters. The molecule has 1 aliphatic heterocycles. The molecule has 2 aromatic carbocycles. The summed E-state index contributed by atoms with van der Waals surface area (Å²) in [6, 6.07) is 16.5. The summed E-state index contributed by atoms with van der Waals surface area (Å²) in [5, 5.41) is 7.41. The van der Waals surface area contributed by atoms with Crippen LogP contribution in [0, 0.1) is 0 Å². The van der Waals surface area contributed by atoms with Gasteiger partial charge in [-0.3, -0.25) is 14.4 Å². The number of rotatable bonds is 5. The lowest BCUT2D eigenvalue weighted by atomic mass is 10.0. The third-order valence-corrected chi connectivity index (χ3v) is 6.09. The Labute approximate surface area is 187 Å². The van der Waals surface area contributed by atoms with Gasteiger partial charge in [0.05, 0.1) is 31.5 Å². The smallest absolute Gasteiger partial charge is 0.414 e. The number of ether oxygens (including phenoxy) is 1. The number of nitrogens with one attached hydrogen (secondary N) is 1. The first kappa shape index (κ1) is 20.3. The molecule has 0 bridgehead atoms. The van der Waals surface area contributed by atoms with Gasteiger partial charge in [0, 0.05) is 18.2 Å². The van der Waals surface area contributed by atoms with E-state index in [1.54, 1.807) is 4.90 Å². The molecule has 3 aromatic rings. The number of aromatic nitrogens is 2. The Morgan fingerprint density at radius 1 is 1.16 bits per heavy atom. The summed E-state index contributed by atoms with van der Waals surface area (Å²) in [5.41, 5.74) is 6.87. The standard InChI is InChI=1S/C25H26N4O3/c1-17(30)26-14-22-16-28(25(31)32-22)21-10-11-23-19(12-21)8-5-9-20-13-27-29(24(20)23)15-18-6-3-2-4-7-18/h2-4,6-7,10-13,22H,5,8-9,14-16H2,1H3,(H,26,30)/t22-/m0/s1. The van der Waals surface area contributed by atoms with Crippen LogP contribution < -0.4 is 10.2 Å². The van der Waals surface area contributed by atoms with Crippen molar-refractivity contribution in [3.63, 3.8) is 0 Å². The zero-order chi connectivity index (χ0) is 22.1. The van der Waals surface area contributed by atoms with Crippen molar-refractivity contribution in [2.75, 3.05) is 18.0 Å². The maximum atomic E-state index is 12.5. The largest absolute Gasteiger partial charge is 0.442 e. The number of carbonyl (C=O) groups is 2. The molecule has 1 aliphatic carbocycles. The number of benzene rings is 2. The number of anilines is 1. The van der Waals surface area contributed by atoms with Gasteiger partial charge in [0.2, 0.25) is 5.91 Å².